The van der Waals surface area contributed by atoms with E-state index in [-0.39, 0.29) is 19.1 Å². The van der Waals surface area contributed by atoms with Crippen LogP contribution in [0.5, 0.6) is 5.75 Å². The fourth-order valence-corrected chi connectivity index (χ4v) is 2.94. The van der Waals surface area contributed by atoms with Crippen LogP contribution in [-0.4, -0.2) is 30.8 Å². The maximum absolute atomic E-state index is 11.8. The van der Waals surface area contributed by atoms with Crippen molar-refractivity contribution in [2.24, 2.45) is 11.8 Å². The second-order valence-electron chi connectivity index (χ2n) is 5.90. The molecule has 116 valence electrons. The molecule has 1 aromatic carbocycles. The molecule has 0 spiro atoms. The van der Waals surface area contributed by atoms with E-state index in [2.05, 4.69) is 5.32 Å². The molecule has 0 heterocycles. The topological polar surface area (TPSA) is 58.6 Å². The molecule has 2 rings (SSSR count). The summed E-state index contributed by atoms with van der Waals surface area (Å²) in [6, 6.07) is 7.67. The minimum Gasteiger partial charge on any atom is -0.484 e. The van der Waals surface area contributed by atoms with E-state index in [4.69, 9.17) is 4.74 Å². The lowest BCUT2D eigenvalue weighted by atomic mass is 9.79. The van der Waals surface area contributed by atoms with Crippen molar-refractivity contribution in [3.8, 4) is 5.75 Å². The molecule has 1 fully saturated rings. The highest BCUT2D eigenvalue weighted by Gasteiger charge is 2.24. The van der Waals surface area contributed by atoms with Gasteiger partial charge in [0.25, 0.3) is 5.91 Å². The Bertz CT molecular complexity index is 461. The van der Waals surface area contributed by atoms with Gasteiger partial charge in [-0.15, -0.1) is 0 Å². The van der Waals surface area contributed by atoms with Crippen LogP contribution >= 0.6 is 0 Å². The average molecular weight is 291 g/mol. The largest absolute Gasteiger partial charge is 0.484 e. The molecule has 0 radical (unpaired) electrons. The summed E-state index contributed by atoms with van der Waals surface area (Å²) >= 11 is 0. The molecule has 1 aliphatic rings. The van der Waals surface area contributed by atoms with E-state index in [0.29, 0.717) is 18.4 Å². The predicted octanol–water partition coefficient (Wildman–Crippen LogP) is 2.29. The third-order valence-corrected chi connectivity index (χ3v) is 4.22. The van der Waals surface area contributed by atoms with E-state index >= 15 is 0 Å². The molecule has 0 aromatic heterocycles. The van der Waals surface area contributed by atoms with Crippen molar-refractivity contribution in [3.05, 3.63) is 29.8 Å². The maximum Gasteiger partial charge on any atom is 0.257 e. The maximum atomic E-state index is 11.8. The first kappa shape index (κ1) is 15.8. The molecule has 1 saturated carbocycles. The van der Waals surface area contributed by atoms with Crippen LogP contribution in [0.4, 0.5) is 0 Å². The van der Waals surface area contributed by atoms with Gasteiger partial charge in [0, 0.05) is 13.2 Å². The minimum absolute atomic E-state index is 0.0416. The summed E-state index contributed by atoms with van der Waals surface area (Å²) in [7, 11) is 0. The normalized spacial score (nSPS) is 21.8. The molecule has 1 aliphatic carbocycles. The quantitative estimate of drug-likeness (QED) is 0.845. The molecule has 2 atom stereocenters. The van der Waals surface area contributed by atoms with Crippen LogP contribution in [0.1, 0.15) is 31.2 Å². The van der Waals surface area contributed by atoms with Crippen LogP contribution in [0.25, 0.3) is 0 Å². The summed E-state index contributed by atoms with van der Waals surface area (Å²) in [4.78, 5) is 11.8. The van der Waals surface area contributed by atoms with Gasteiger partial charge in [-0.2, -0.15) is 0 Å². The lowest BCUT2D eigenvalue weighted by molar-refractivity contribution is -0.123. The van der Waals surface area contributed by atoms with Crippen molar-refractivity contribution in [1.29, 1.82) is 0 Å². The molecule has 4 nitrogen and oxygen atoms in total. The number of nitrogens with one attached hydrogen (secondary N) is 1. The molecule has 0 saturated heterocycles. The molecule has 1 amide bonds. The Morgan fingerprint density at radius 2 is 2.10 bits per heavy atom. The number of carbonyl (C=O) groups excluding carboxylic acids is 1. The monoisotopic (exact) mass is 291 g/mol. The average Bonchev–Trinajstić information content (AvgIpc) is 2.51. The number of aliphatic hydroxyl groups is 1. The van der Waals surface area contributed by atoms with E-state index in [1.165, 1.54) is 12.8 Å². The van der Waals surface area contributed by atoms with Crippen LogP contribution in [0.3, 0.4) is 0 Å². The SMILES string of the molecule is Cc1cccc(OCC(=O)NCC2CCCCC2CO)c1. The fourth-order valence-electron chi connectivity index (χ4n) is 2.94. The summed E-state index contributed by atoms with van der Waals surface area (Å²) < 4.78 is 5.48. The molecule has 1 aromatic rings. The van der Waals surface area contributed by atoms with Crippen LogP contribution in [-0.2, 0) is 4.79 Å². The van der Waals surface area contributed by atoms with Crippen molar-refractivity contribution in [1.82, 2.24) is 5.32 Å². The highest BCUT2D eigenvalue weighted by atomic mass is 16.5. The molecule has 0 bridgehead atoms. The number of carbonyl (C=O) groups is 1. The number of hydrogen-bond acceptors (Lipinski definition) is 3. The second-order valence-corrected chi connectivity index (χ2v) is 5.90. The first-order valence-corrected chi connectivity index (χ1v) is 7.76. The zero-order valence-electron chi connectivity index (χ0n) is 12.7. The zero-order valence-corrected chi connectivity index (χ0v) is 12.7. The van der Waals surface area contributed by atoms with Crippen LogP contribution in [0.2, 0.25) is 0 Å². The fraction of sp³-hybridized carbons (Fsp3) is 0.588. The Morgan fingerprint density at radius 1 is 1.33 bits per heavy atom. The van der Waals surface area contributed by atoms with Crippen LogP contribution in [0, 0.1) is 18.8 Å². The van der Waals surface area contributed by atoms with Gasteiger partial charge in [-0.3, -0.25) is 4.79 Å². The van der Waals surface area contributed by atoms with Gasteiger partial charge in [0.2, 0.25) is 0 Å². The molecule has 2 unspecified atom stereocenters. The number of aryl methyl sites for hydroxylation is 1. The van der Waals surface area contributed by atoms with Gasteiger partial charge < -0.3 is 15.2 Å². The van der Waals surface area contributed by atoms with Gasteiger partial charge in [-0.1, -0.05) is 25.0 Å². The Hall–Kier alpha value is -1.55. The Balaban J connectivity index is 1.72. The van der Waals surface area contributed by atoms with Crippen LogP contribution < -0.4 is 10.1 Å². The molecule has 2 N–H and O–H groups in total. The van der Waals surface area contributed by atoms with E-state index in [9.17, 15) is 9.90 Å². The number of hydrogen-bond donors (Lipinski definition) is 2. The first-order valence-electron chi connectivity index (χ1n) is 7.76. The van der Waals surface area contributed by atoms with Gasteiger partial charge in [0.15, 0.2) is 6.61 Å². The number of amides is 1. The lowest BCUT2D eigenvalue weighted by Crippen LogP contribution is -2.37. The summed E-state index contributed by atoms with van der Waals surface area (Å²) in [6.07, 6.45) is 4.53. The van der Waals surface area contributed by atoms with Crippen molar-refractivity contribution < 1.29 is 14.6 Å². The smallest absolute Gasteiger partial charge is 0.257 e. The summed E-state index contributed by atoms with van der Waals surface area (Å²) in [5, 5.41) is 12.3. The van der Waals surface area contributed by atoms with Crippen molar-refractivity contribution in [3.63, 3.8) is 0 Å². The molecule has 4 heteroatoms. The third-order valence-electron chi connectivity index (χ3n) is 4.22. The summed E-state index contributed by atoms with van der Waals surface area (Å²) in [6.45, 7) is 2.90. The zero-order chi connectivity index (χ0) is 15.1. The number of rotatable bonds is 6. The van der Waals surface area contributed by atoms with Gasteiger partial charge >= 0.3 is 0 Å². The number of aliphatic hydroxyl groups excluding tert-OH is 1. The third kappa shape index (κ3) is 5.05. The van der Waals surface area contributed by atoms with Gasteiger partial charge in [-0.25, -0.2) is 0 Å². The molecule has 0 aliphatic heterocycles. The Kier molecular flexibility index (Phi) is 6.05. The van der Waals surface area contributed by atoms with E-state index < -0.39 is 0 Å². The highest BCUT2D eigenvalue weighted by Crippen LogP contribution is 2.29. The van der Waals surface area contributed by atoms with Crippen molar-refractivity contribution in [2.75, 3.05) is 19.8 Å². The number of ether oxygens (including phenoxy) is 1. The van der Waals surface area contributed by atoms with E-state index in [1.807, 2.05) is 31.2 Å². The number of benzene rings is 1. The second kappa shape index (κ2) is 8.03. The van der Waals surface area contributed by atoms with Crippen molar-refractivity contribution >= 4 is 5.91 Å². The van der Waals surface area contributed by atoms with Gasteiger partial charge in [-0.05, 0) is 49.3 Å². The van der Waals surface area contributed by atoms with E-state index in [1.54, 1.807) is 0 Å². The van der Waals surface area contributed by atoms with Gasteiger partial charge in [0.05, 0.1) is 0 Å². The minimum atomic E-state index is -0.0984. The lowest BCUT2D eigenvalue weighted by Gasteiger charge is -2.30. The molecule has 21 heavy (non-hydrogen) atoms. The standard InChI is InChI=1S/C17H25NO3/c1-13-5-4-8-16(9-13)21-12-17(20)18-10-14-6-2-3-7-15(14)11-19/h4-5,8-9,14-15,19H,2-3,6-7,10-12H2,1H3,(H,18,20). The highest BCUT2D eigenvalue weighted by molar-refractivity contribution is 5.77. The summed E-state index contributed by atoms with van der Waals surface area (Å²) in [5.41, 5.74) is 1.11. The summed E-state index contributed by atoms with van der Waals surface area (Å²) in [5.74, 6) is 1.35. The van der Waals surface area contributed by atoms with E-state index in [0.717, 1.165) is 24.2 Å². The first-order chi connectivity index (χ1) is 10.2. The Morgan fingerprint density at radius 3 is 2.81 bits per heavy atom. The van der Waals surface area contributed by atoms with Crippen LogP contribution in [0.15, 0.2) is 24.3 Å². The Labute approximate surface area is 126 Å². The predicted molar refractivity (Wildman–Crippen MR) is 82.2 cm³/mol. The van der Waals surface area contributed by atoms with Crippen molar-refractivity contribution in [2.45, 2.75) is 32.6 Å². The molecular weight excluding hydrogens is 266 g/mol. The molecular formula is C17H25NO3. The van der Waals surface area contributed by atoms with Gasteiger partial charge in [0.1, 0.15) is 5.75 Å².